The number of fused-ring (bicyclic) bond motifs is 1. The summed E-state index contributed by atoms with van der Waals surface area (Å²) in [5, 5.41) is 0.209. The molecule has 1 N–H and O–H groups in total. The van der Waals surface area contributed by atoms with E-state index in [0.29, 0.717) is 16.5 Å². The van der Waals surface area contributed by atoms with E-state index in [2.05, 4.69) is 4.98 Å². The van der Waals surface area contributed by atoms with Crippen molar-refractivity contribution in [2.45, 2.75) is 12.4 Å². The molecule has 24 heavy (non-hydrogen) atoms. The molecule has 0 amide bonds. The van der Waals surface area contributed by atoms with Gasteiger partial charge in [0.15, 0.2) is 0 Å². The van der Waals surface area contributed by atoms with Crippen molar-refractivity contribution >= 4 is 22.5 Å². The molecular weight excluding hydrogens is 356 g/mol. The maximum Gasteiger partial charge on any atom is 0.431 e. The van der Waals surface area contributed by atoms with Crippen molar-refractivity contribution in [2.75, 3.05) is 0 Å². The number of hydrogen-bond donors (Lipinski definition) is 1. The van der Waals surface area contributed by atoms with Gasteiger partial charge in [-0.3, -0.25) is 0 Å². The lowest BCUT2D eigenvalue weighted by molar-refractivity contribution is -0.140. The number of H-pyrrole nitrogens is 1. The van der Waals surface area contributed by atoms with E-state index in [4.69, 9.17) is 11.6 Å². The fourth-order valence-electron chi connectivity index (χ4n) is 2.37. The molecule has 1 aromatic heterocycles. The minimum atomic E-state index is -4.52. The summed E-state index contributed by atoms with van der Waals surface area (Å²) >= 11 is 5.91. The Morgan fingerprint density at radius 2 is 1.50 bits per heavy atom. The third kappa shape index (κ3) is 3.08. The number of hydrogen-bond acceptors (Lipinski definition) is 0. The third-order valence-electron chi connectivity index (χ3n) is 3.54. The van der Waals surface area contributed by atoms with Crippen molar-refractivity contribution in [3.05, 3.63) is 58.7 Å². The zero-order valence-corrected chi connectivity index (χ0v) is 12.4. The number of benzene rings is 2. The molecule has 0 spiro atoms. The van der Waals surface area contributed by atoms with Crippen LogP contribution in [0.4, 0.5) is 26.3 Å². The summed E-state index contributed by atoms with van der Waals surface area (Å²) < 4.78 is 76.1. The molecule has 0 aliphatic rings. The zero-order chi connectivity index (χ0) is 17.7. The molecule has 3 rings (SSSR count). The van der Waals surface area contributed by atoms with Gasteiger partial charge in [0.2, 0.25) is 0 Å². The first kappa shape index (κ1) is 16.7. The van der Waals surface area contributed by atoms with Crippen LogP contribution in [0.15, 0.2) is 42.5 Å². The summed E-state index contributed by atoms with van der Waals surface area (Å²) in [6.07, 6.45) is -9.03. The van der Waals surface area contributed by atoms with Crippen molar-refractivity contribution in [3.63, 3.8) is 0 Å². The summed E-state index contributed by atoms with van der Waals surface area (Å²) in [5.74, 6) is 0. The third-order valence-corrected chi connectivity index (χ3v) is 3.85. The van der Waals surface area contributed by atoms with Crippen LogP contribution in [0.3, 0.4) is 0 Å². The largest absolute Gasteiger partial charge is 0.431 e. The second-order valence-electron chi connectivity index (χ2n) is 5.18. The Hall–Kier alpha value is -2.15. The Morgan fingerprint density at radius 1 is 0.792 bits per heavy atom. The SMILES string of the molecule is FC(F)(F)c1ccc(-c2ccc3cc(C(F)(F)F)[nH]c3c2)c(Cl)c1. The fourth-order valence-corrected chi connectivity index (χ4v) is 2.66. The predicted molar refractivity (Wildman–Crippen MR) is 78.7 cm³/mol. The number of rotatable bonds is 1. The molecule has 3 aromatic rings. The molecule has 0 saturated heterocycles. The minimum absolute atomic E-state index is 0.133. The lowest BCUT2D eigenvalue weighted by atomic mass is 10.0. The van der Waals surface area contributed by atoms with Crippen molar-refractivity contribution in [1.29, 1.82) is 0 Å². The van der Waals surface area contributed by atoms with Crippen LogP contribution in [-0.4, -0.2) is 4.98 Å². The van der Waals surface area contributed by atoms with Crippen LogP contribution in [-0.2, 0) is 12.4 Å². The van der Waals surface area contributed by atoms with Crippen molar-refractivity contribution in [2.24, 2.45) is 0 Å². The summed E-state index contributed by atoms with van der Waals surface area (Å²) in [4.78, 5) is 2.25. The first-order chi connectivity index (χ1) is 11.1. The van der Waals surface area contributed by atoms with Crippen molar-refractivity contribution in [1.82, 2.24) is 4.98 Å². The van der Waals surface area contributed by atoms with Gasteiger partial charge in [0.05, 0.1) is 5.56 Å². The first-order valence-electron chi connectivity index (χ1n) is 6.63. The van der Waals surface area contributed by atoms with Crippen LogP contribution in [0.1, 0.15) is 11.3 Å². The lowest BCUT2D eigenvalue weighted by Gasteiger charge is -2.10. The highest BCUT2D eigenvalue weighted by Gasteiger charge is 2.33. The monoisotopic (exact) mass is 363 g/mol. The first-order valence-corrected chi connectivity index (χ1v) is 7.00. The van der Waals surface area contributed by atoms with Crippen LogP contribution in [0.25, 0.3) is 22.0 Å². The highest BCUT2D eigenvalue weighted by molar-refractivity contribution is 6.33. The Labute approximate surface area is 136 Å². The molecule has 126 valence electrons. The van der Waals surface area contributed by atoms with Gasteiger partial charge in [-0.1, -0.05) is 29.8 Å². The molecule has 0 aliphatic carbocycles. The Bertz CT molecular complexity index is 907. The summed E-state index contributed by atoms with van der Waals surface area (Å²) in [6, 6.07) is 8.19. The van der Waals surface area contributed by atoms with E-state index < -0.39 is 23.6 Å². The number of alkyl halides is 6. The molecular formula is C16H8ClF6N. The van der Waals surface area contributed by atoms with E-state index in [1.54, 1.807) is 0 Å². The highest BCUT2D eigenvalue weighted by Crippen LogP contribution is 2.37. The second kappa shape index (κ2) is 5.44. The number of halogens is 7. The van der Waals surface area contributed by atoms with Gasteiger partial charge in [0.1, 0.15) is 5.69 Å². The van der Waals surface area contributed by atoms with Gasteiger partial charge in [-0.2, -0.15) is 26.3 Å². The summed E-state index contributed by atoms with van der Waals surface area (Å²) in [7, 11) is 0. The molecule has 2 aromatic carbocycles. The fraction of sp³-hybridized carbons (Fsp3) is 0.125. The molecule has 0 aliphatic heterocycles. The van der Waals surface area contributed by atoms with E-state index >= 15 is 0 Å². The summed E-state index contributed by atoms with van der Waals surface area (Å²) in [6.45, 7) is 0. The average Bonchev–Trinajstić information content (AvgIpc) is 2.89. The van der Waals surface area contributed by atoms with Gasteiger partial charge in [-0.25, -0.2) is 0 Å². The molecule has 0 unspecified atom stereocenters. The van der Waals surface area contributed by atoms with Crippen LogP contribution in [0, 0.1) is 0 Å². The molecule has 1 heterocycles. The van der Waals surface area contributed by atoms with Crippen LogP contribution < -0.4 is 0 Å². The van der Waals surface area contributed by atoms with Crippen molar-refractivity contribution in [3.8, 4) is 11.1 Å². The Morgan fingerprint density at radius 3 is 2.08 bits per heavy atom. The molecule has 0 radical (unpaired) electrons. The smallest absolute Gasteiger partial charge is 0.351 e. The van der Waals surface area contributed by atoms with Gasteiger partial charge >= 0.3 is 12.4 Å². The number of aromatic amines is 1. The van der Waals surface area contributed by atoms with Gasteiger partial charge in [0, 0.05) is 21.5 Å². The Balaban J connectivity index is 2.07. The quantitative estimate of drug-likeness (QED) is 0.473. The second-order valence-corrected chi connectivity index (χ2v) is 5.58. The standard InChI is InChI=1S/C16H8ClF6N/c17-12-7-10(15(18,19)20)3-4-11(12)8-1-2-9-6-14(16(21,22)23)24-13(9)5-8/h1-7,24H. The van der Waals surface area contributed by atoms with Gasteiger partial charge in [0.25, 0.3) is 0 Å². The maximum atomic E-state index is 12.7. The molecule has 0 atom stereocenters. The van der Waals surface area contributed by atoms with Crippen LogP contribution in [0.5, 0.6) is 0 Å². The predicted octanol–water partition coefficient (Wildman–Crippen LogP) is 6.53. The number of nitrogens with one attached hydrogen (secondary N) is 1. The van der Waals surface area contributed by atoms with Crippen LogP contribution >= 0.6 is 11.6 Å². The topological polar surface area (TPSA) is 15.8 Å². The molecule has 0 bridgehead atoms. The van der Waals surface area contributed by atoms with Crippen LogP contribution in [0.2, 0.25) is 5.02 Å². The maximum absolute atomic E-state index is 12.7. The molecule has 0 fully saturated rings. The van der Waals surface area contributed by atoms with Crippen molar-refractivity contribution < 1.29 is 26.3 Å². The average molecular weight is 364 g/mol. The van der Waals surface area contributed by atoms with Gasteiger partial charge in [-0.15, -0.1) is 0 Å². The molecule has 8 heteroatoms. The van der Waals surface area contributed by atoms with E-state index in [-0.39, 0.29) is 10.5 Å². The molecule has 0 saturated carbocycles. The van der Waals surface area contributed by atoms with Gasteiger partial charge in [-0.05, 0) is 29.8 Å². The highest BCUT2D eigenvalue weighted by atomic mass is 35.5. The zero-order valence-electron chi connectivity index (χ0n) is 11.7. The Kier molecular flexibility index (Phi) is 3.79. The normalized spacial score (nSPS) is 12.8. The van der Waals surface area contributed by atoms with E-state index in [9.17, 15) is 26.3 Å². The van der Waals surface area contributed by atoms with Gasteiger partial charge < -0.3 is 4.98 Å². The molecule has 1 nitrogen and oxygen atoms in total. The summed E-state index contributed by atoms with van der Waals surface area (Å²) in [5.41, 5.74) is -0.855. The number of aromatic nitrogens is 1. The minimum Gasteiger partial charge on any atom is -0.351 e. The van der Waals surface area contributed by atoms with E-state index in [1.807, 2.05) is 0 Å². The lowest BCUT2D eigenvalue weighted by Crippen LogP contribution is -2.04. The van der Waals surface area contributed by atoms with E-state index in [1.165, 1.54) is 24.3 Å². The van der Waals surface area contributed by atoms with E-state index in [0.717, 1.165) is 18.2 Å².